The van der Waals surface area contributed by atoms with E-state index in [4.69, 9.17) is 4.74 Å². The van der Waals surface area contributed by atoms with Crippen molar-refractivity contribution < 1.29 is 14.3 Å². The number of nitrogens with zero attached hydrogens (tertiary/aromatic N) is 1. The molecule has 4 nitrogen and oxygen atoms in total. The van der Waals surface area contributed by atoms with Gasteiger partial charge in [0.25, 0.3) is 0 Å². The number of ether oxygens (including phenoxy) is 1. The Hall–Kier alpha value is -2.92. The first-order chi connectivity index (χ1) is 13.0. The van der Waals surface area contributed by atoms with Crippen LogP contribution in [0.5, 0.6) is 0 Å². The maximum Gasteiger partial charge on any atom is 0.340 e. The summed E-state index contributed by atoms with van der Waals surface area (Å²) in [7, 11) is 1.33. The van der Waals surface area contributed by atoms with E-state index in [2.05, 4.69) is 15.9 Å². The summed E-state index contributed by atoms with van der Waals surface area (Å²) in [6, 6.07) is 22.4. The van der Waals surface area contributed by atoms with Crippen molar-refractivity contribution in [1.29, 1.82) is 0 Å². The largest absolute Gasteiger partial charge is 0.465 e. The van der Waals surface area contributed by atoms with E-state index in [1.807, 2.05) is 59.5 Å². The van der Waals surface area contributed by atoms with Crippen LogP contribution in [0.15, 0.2) is 77.3 Å². The van der Waals surface area contributed by atoms with Crippen LogP contribution in [-0.4, -0.2) is 18.9 Å². The molecular formula is C22H18BrNO3. The topological polar surface area (TPSA) is 46.6 Å². The van der Waals surface area contributed by atoms with Gasteiger partial charge < -0.3 is 9.64 Å². The molecule has 0 radical (unpaired) electrons. The van der Waals surface area contributed by atoms with E-state index in [-0.39, 0.29) is 5.78 Å². The summed E-state index contributed by atoms with van der Waals surface area (Å²) < 4.78 is 5.91. The fourth-order valence-electron chi connectivity index (χ4n) is 2.92. The van der Waals surface area contributed by atoms with Gasteiger partial charge >= 0.3 is 5.97 Å². The zero-order valence-corrected chi connectivity index (χ0v) is 16.6. The predicted molar refractivity (Wildman–Crippen MR) is 110 cm³/mol. The van der Waals surface area contributed by atoms with Crippen LogP contribution in [0.25, 0.3) is 0 Å². The molecule has 0 aromatic heterocycles. The van der Waals surface area contributed by atoms with Gasteiger partial charge in [-0.3, -0.25) is 4.79 Å². The van der Waals surface area contributed by atoms with Gasteiger partial charge in [-0.1, -0.05) is 40.2 Å². The summed E-state index contributed by atoms with van der Waals surface area (Å²) in [6.07, 6.45) is 0. The average molecular weight is 424 g/mol. The lowest BCUT2D eigenvalue weighted by Gasteiger charge is -2.28. The number of Topliss-reactive ketones (excluding diaryl/α,β-unsaturated/α-hetero) is 1. The van der Waals surface area contributed by atoms with Gasteiger partial charge in [0.15, 0.2) is 5.78 Å². The summed E-state index contributed by atoms with van der Waals surface area (Å²) in [5.41, 5.74) is 2.94. The third-order valence-corrected chi connectivity index (χ3v) is 4.67. The van der Waals surface area contributed by atoms with Crippen LogP contribution in [0, 0.1) is 0 Å². The number of hydrogen-bond acceptors (Lipinski definition) is 4. The second kappa shape index (κ2) is 8.18. The zero-order valence-electron chi connectivity index (χ0n) is 15.0. The molecule has 3 rings (SSSR count). The third kappa shape index (κ3) is 3.93. The van der Waals surface area contributed by atoms with Crippen LogP contribution >= 0.6 is 15.9 Å². The Labute approximate surface area is 166 Å². The SMILES string of the molecule is COC(=O)c1cccc(C(C)=O)c1N(c1ccccc1)c1ccc(Br)cc1. The number of benzene rings is 3. The normalized spacial score (nSPS) is 10.3. The lowest BCUT2D eigenvalue weighted by atomic mass is 10.0. The fourth-order valence-corrected chi connectivity index (χ4v) is 3.18. The molecule has 0 heterocycles. The van der Waals surface area contributed by atoms with Crippen LogP contribution in [0.1, 0.15) is 27.6 Å². The minimum atomic E-state index is -0.494. The maximum atomic E-state index is 12.5. The molecule has 0 aliphatic heterocycles. The lowest BCUT2D eigenvalue weighted by molar-refractivity contribution is 0.0601. The van der Waals surface area contributed by atoms with Crippen molar-refractivity contribution in [1.82, 2.24) is 0 Å². The minimum Gasteiger partial charge on any atom is -0.465 e. The number of esters is 1. The highest BCUT2D eigenvalue weighted by atomic mass is 79.9. The van der Waals surface area contributed by atoms with Gasteiger partial charge in [0.05, 0.1) is 18.4 Å². The molecule has 0 saturated carbocycles. The molecule has 0 atom stereocenters. The highest BCUT2D eigenvalue weighted by molar-refractivity contribution is 9.10. The molecule has 136 valence electrons. The number of carbonyl (C=O) groups is 2. The van der Waals surface area contributed by atoms with Crippen LogP contribution in [0.2, 0.25) is 0 Å². The molecule has 3 aromatic carbocycles. The maximum absolute atomic E-state index is 12.5. The highest BCUT2D eigenvalue weighted by Gasteiger charge is 2.25. The van der Waals surface area contributed by atoms with E-state index < -0.39 is 5.97 Å². The Kier molecular flexibility index (Phi) is 5.72. The summed E-state index contributed by atoms with van der Waals surface area (Å²) >= 11 is 3.45. The van der Waals surface area contributed by atoms with E-state index in [1.165, 1.54) is 14.0 Å². The van der Waals surface area contributed by atoms with E-state index in [0.717, 1.165) is 15.8 Å². The Balaban J connectivity index is 2.34. The lowest BCUT2D eigenvalue weighted by Crippen LogP contribution is -2.18. The van der Waals surface area contributed by atoms with Crippen molar-refractivity contribution in [2.24, 2.45) is 0 Å². The number of para-hydroxylation sites is 2. The molecule has 0 aliphatic rings. The van der Waals surface area contributed by atoms with Crippen molar-refractivity contribution >= 4 is 44.7 Å². The molecule has 0 unspecified atom stereocenters. The first-order valence-electron chi connectivity index (χ1n) is 8.36. The van der Waals surface area contributed by atoms with Crippen LogP contribution in [0.4, 0.5) is 17.1 Å². The predicted octanol–water partition coefficient (Wildman–Crippen LogP) is 5.91. The molecule has 0 aliphatic carbocycles. The number of rotatable bonds is 5. The highest BCUT2D eigenvalue weighted by Crippen LogP contribution is 2.39. The Morgan fingerprint density at radius 3 is 2.00 bits per heavy atom. The Morgan fingerprint density at radius 2 is 1.41 bits per heavy atom. The number of anilines is 3. The van der Waals surface area contributed by atoms with Crippen molar-refractivity contribution in [3.05, 3.63) is 88.4 Å². The Bertz CT molecular complexity index is 969. The molecule has 5 heteroatoms. The van der Waals surface area contributed by atoms with Gasteiger partial charge in [-0.25, -0.2) is 4.79 Å². The molecule has 0 fully saturated rings. The number of carbonyl (C=O) groups excluding carboxylic acids is 2. The molecular weight excluding hydrogens is 406 g/mol. The summed E-state index contributed by atoms with van der Waals surface area (Å²) in [4.78, 5) is 26.7. The summed E-state index contributed by atoms with van der Waals surface area (Å²) in [5, 5.41) is 0. The van der Waals surface area contributed by atoms with Crippen molar-refractivity contribution in [3.8, 4) is 0 Å². The van der Waals surface area contributed by atoms with Gasteiger partial charge in [-0.2, -0.15) is 0 Å². The zero-order chi connectivity index (χ0) is 19.4. The van der Waals surface area contributed by atoms with Crippen LogP contribution in [0.3, 0.4) is 0 Å². The fraction of sp³-hybridized carbons (Fsp3) is 0.0909. The smallest absolute Gasteiger partial charge is 0.340 e. The molecule has 27 heavy (non-hydrogen) atoms. The first-order valence-corrected chi connectivity index (χ1v) is 9.15. The van der Waals surface area contributed by atoms with Gasteiger partial charge in [-0.15, -0.1) is 0 Å². The van der Waals surface area contributed by atoms with E-state index in [9.17, 15) is 9.59 Å². The van der Waals surface area contributed by atoms with Gasteiger partial charge in [0, 0.05) is 21.4 Å². The van der Waals surface area contributed by atoms with Gasteiger partial charge in [-0.05, 0) is 55.5 Å². The Morgan fingerprint density at radius 1 is 0.815 bits per heavy atom. The standard InChI is InChI=1S/C22H18BrNO3/c1-15(25)19-9-6-10-20(22(26)27-2)21(19)24(17-7-4-3-5-8-17)18-13-11-16(23)12-14-18/h3-14H,1-2H3. The summed E-state index contributed by atoms with van der Waals surface area (Å²) in [5.74, 6) is -0.625. The number of hydrogen-bond donors (Lipinski definition) is 0. The average Bonchev–Trinajstić information content (AvgIpc) is 2.69. The van der Waals surface area contributed by atoms with Crippen LogP contribution in [-0.2, 0) is 4.74 Å². The molecule has 0 spiro atoms. The number of methoxy groups -OCH3 is 1. The first kappa shape index (κ1) is 18.9. The van der Waals surface area contributed by atoms with Crippen molar-refractivity contribution in [3.63, 3.8) is 0 Å². The van der Waals surface area contributed by atoms with Gasteiger partial charge in [0.1, 0.15) is 0 Å². The molecule has 3 aromatic rings. The summed E-state index contributed by atoms with van der Waals surface area (Å²) in [6.45, 7) is 1.49. The minimum absolute atomic E-state index is 0.131. The molecule has 0 amide bonds. The molecule has 0 saturated heterocycles. The van der Waals surface area contributed by atoms with Crippen molar-refractivity contribution in [2.45, 2.75) is 6.92 Å². The van der Waals surface area contributed by atoms with Crippen molar-refractivity contribution in [2.75, 3.05) is 12.0 Å². The van der Waals surface area contributed by atoms with Gasteiger partial charge in [0.2, 0.25) is 0 Å². The van der Waals surface area contributed by atoms with E-state index in [0.29, 0.717) is 16.8 Å². The molecule has 0 N–H and O–H groups in total. The van der Waals surface area contributed by atoms with E-state index in [1.54, 1.807) is 18.2 Å². The number of ketones is 1. The second-order valence-electron chi connectivity index (χ2n) is 5.90. The van der Waals surface area contributed by atoms with E-state index >= 15 is 0 Å². The third-order valence-electron chi connectivity index (χ3n) is 4.14. The quantitative estimate of drug-likeness (QED) is 0.378. The number of halogens is 1. The second-order valence-corrected chi connectivity index (χ2v) is 6.81. The van der Waals surface area contributed by atoms with Crippen LogP contribution < -0.4 is 4.90 Å². The monoisotopic (exact) mass is 423 g/mol. The molecule has 0 bridgehead atoms.